The van der Waals surface area contributed by atoms with E-state index in [0.29, 0.717) is 13.1 Å². The molecule has 70 valence electrons. The fourth-order valence-corrected chi connectivity index (χ4v) is 1.63. The van der Waals surface area contributed by atoms with Crippen LogP contribution >= 0.6 is 0 Å². The maximum atomic E-state index is 9.87. The molecule has 1 fully saturated rings. The molecule has 3 heteroatoms. The second-order valence-corrected chi connectivity index (χ2v) is 3.50. The van der Waals surface area contributed by atoms with Gasteiger partial charge in [-0.3, -0.25) is 4.79 Å². The molecule has 1 aliphatic heterocycles. The van der Waals surface area contributed by atoms with Crippen molar-refractivity contribution in [1.82, 2.24) is 4.90 Å². The fraction of sp³-hybridized carbons (Fsp3) is 0.889. The van der Waals surface area contributed by atoms with E-state index < -0.39 is 0 Å². The number of carbonyl (C=O) groups excluding carboxylic acids is 1. The minimum Gasteiger partial charge on any atom is -0.468 e. The number of hydrogen-bond acceptors (Lipinski definition) is 3. The van der Waals surface area contributed by atoms with Crippen LogP contribution in [0.5, 0.6) is 0 Å². The zero-order chi connectivity index (χ0) is 8.81. The zero-order valence-electron chi connectivity index (χ0n) is 7.66. The second kappa shape index (κ2) is 5.14. The van der Waals surface area contributed by atoms with E-state index in [1.165, 1.54) is 25.9 Å². The number of carbonyl (C=O) groups is 1. The smallest absolute Gasteiger partial charge is 0.293 e. The molecule has 1 heterocycles. The summed E-state index contributed by atoms with van der Waals surface area (Å²) in [5.41, 5.74) is 0. The molecule has 0 N–H and O–H groups in total. The van der Waals surface area contributed by atoms with Crippen molar-refractivity contribution in [3.63, 3.8) is 0 Å². The minimum absolute atomic E-state index is 0.537. The van der Waals surface area contributed by atoms with Crippen molar-refractivity contribution in [2.75, 3.05) is 26.7 Å². The highest BCUT2D eigenvalue weighted by atomic mass is 16.5. The maximum absolute atomic E-state index is 9.87. The molecule has 0 aromatic carbocycles. The Morgan fingerprint density at radius 1 is 1.50 bits per heavy atom. The molecule has 0 amide bonds. The van der Waals surface area contributed by atoms with E-state index in [2.05, 4.69) is 16.7 Å². The van der Waals surface area contributed by atoms with Gasteiger partial charge in [0.25, 0.3) is 6.47 Å². The quantitative estimate of drug-likeness (QED) is 0.465. The van der Waals surface area contributed by atoms with Gasteiger partial charge in [0.1, 0.15) is 0 Å². The third-order valence-electron chi connectivity index (χ3n) is 2.55. The van der Waals surface area contributed by atoms with Crippen LogP contribution in [0.1, 0.15) is 19.3 Å². The summed E-state index contributed by atoms with van der Waals surface area (Å²) in [7, 11) is 2.15. The third kappa shape index (κ3) is 3.22. The van der Waals surface area contributed by atoms with Crippen LogP contribution in [0, 0.1) is 5.92 Å². The predicted octanol–water partition coefficient (Wildman–Crippen LogP) is 0.891. The van der Waals surface area contributed by atoms with Gasteiger partial charge in [-0.25, -0.2) is 0 Å². The summed E-state index contributed by atoms with van der Waals surface area (Å²) in [6.45, 7) is 3.50. The Labute approximate surface area is 73.7 Å². The molecular weight excluding hydrogens is 154 g/mol. The molecule has 0 aromatic rings. The summed E-state index contributed by atoms with van der Waals surface area (Å²) in [6, 6.07) is 0. The van der Waals surface area contributed by atoms with Crippen LogP contribution in [-0.2, 0) is 9.53 Å². The van der Waals surface area contributed by atoms with Gasteiger partial charge in [0.05, 0.1) is 6.61 Å². The van der Waals surface area contributed by atoms with Gasteiger partial charge in [-0.15, -0.1) is 0 Å². The molecule has 0 unspecified atom stereocenters. The molecular formula is C9H17NO2. The Bertz CT molecular complexity index is 130. The van der Waals surface area contributed by atoms with Crippen LogP contribution in [0.25, 0.3) is 0 Å². The molecule has 1 rings (SSSR count). The largest absolute Gasteiger partial charge is 0.468 e. The number of rotatable bonds is 4. The van der Waals surface area contributed by atoms with E-state index in [-0.39, 0.29) is 0 Å². The molecule has 0 saturated carbocycles. The van der Waals surface area contributed by atoms with Crippen molar-refractivity contribution in [2.24, 2.45) is 5.92 Å². The van der Waals surface area contributed by atoms with Gasteiger partial charge in [-0.1, -0.05) is 0 Å². The summed E-state index contributed by atoms with van der Waals surface area (Å²) in [4.78, 5) is 12.2. The lowest BCUT2D eigenvalue weighted by Gasteiger charge is -2.28. The lowest BCUT2D eigenvalue weighted by Crippen LogP contribution is -2.30. The lowest BCUT2D eigenvalue weighted by atomic mass is 9.94. The van der Waals surface area contributed by atoms with Crippen molar-refractivity contribution in [2.45, 2.75) is 19.3 Å². The van der Waals surface area contributed by atoms with Gasteiger partial charge in [0.15, 0.2) is 0 Å². The second-order valence-electron chi connectivity index (χ2n) is 3.50. The highest BCUT2D eigenvalue weighted by Gasteiger charge is 2.15. The number of hydrogen-bond donors (Lipinski definition) is 0. The van der Waals surface area contributed by atoms with Crippen LogP contribution in [0.2, 0.25) is 0 Å². The van der Waals surface area contributed by atoms with E-state index >= 15 is 0 Å². The number of ether oxygens (including phenoxy) is 1. The molecule has 3 nitrogen and oxygen atoms in total. The Kier molecular flexibility index (Phi) is 4.08. The molecule has 0 aliphatic carbocycles. The average Bonchev–Trinajstić information content (AvgIpc) is 2.09. The van der Waals surface area contributed by atoms with Crippen molar-refractivity contribution in [3.05, 3.63) is 0 Å². The van der Waals surface area contributed by atoms with Crippen LogP contribution < -0.4 is 0 Å². The van der Waals surface area contributed by atoms with Gasteiger partial charge >= 0.3 is 0 Å². The van der Waals surface area contributed by atoms with Gasteiger partial charge in [0.2, 0.25) is 0 Å². The Morgan fingerprint density at radius 2 is 2.17 bits per heavy atom. The number of piperidine rings is 1. The van der Waals surface area contributed by atoms with Crippen LogP contribution in [-0.4, -0.2) is 38.1 Å². The van der Waals surface area contributed by atoms with Crippen LogP contribution in [0.3, 0.4) is 0 Å². The van der Waals surface area contributed by atoms with Crippen LogP contribution in [0.4, 0.5) is 0 Å². The molecule has 0 radical (unpaired) electrons. The Morgan fingerprint density at radius 3 is 2.75 bits per heavy atom. The first-order valence-electron chi connectivity index (χ1n) is 4.56. The lowest BCUT2D eigenvalue weighted by molar-refractivity contribution is -0.129. The summed E-state index contributed by atoms with van der Waals surface area (Å²) >= 11 is 0. The molecule has 1 saturated heterocycles. The van der Waals surface area contributed by atoms with Gasteiger partial charge in [0, 0.05) is 0 Å². The average molecular weight is 171 g/mol. The zero-order valence-corrected chi connectivity index (χ0v) is 7.66. The van der Waals surface area contributed by atoms with Crippen molar-refractivity contribution in [3.8, 4) is 0 Å². The molecule has 1 aliphatic rings. The Balaban J connectivity index is 2.05. The first-order valence-corrected chi connectivity index (χ1v) is 4.56. The van der Waals surface area contributed by atoms with Crippen molar-refractivity contribution in [1.29, 1.82) is 0 Å². The van der Waals surface area contributed by atoms with Gasteiger partial charge in [-0.2, -0.15) is 0 Å². The molecule has 12 heavy (non-hydrogen) atoms. The van der Waals surface area contributed by atoms with Gasteiger partial charge in [-0.05, 0) is 45.3 Å². The SMILES string of the molecule is CN1CCC(CCOC=O)CC1. The van der Waals surface area contributed by atoms with Crippen LogP contribution in [0.15, 0.2) is 0 Å². The monoisotopic (exact) mass is 171 g/mol. The highest BCUT2D eigenvalue weighted by molar-refractivity contribution is 5.36. The number of likely N-dealkylation sites (tertiary alicyclic amines) is 1. The summed E-state index contributed by atoms with van der Waals surface area (Å²) < 4.78 is 4.67. The van der Waals surface area contributed by atoms with E-state index in [0.717, 1.165) is 12.3 Å². The third-order valence-corrected chi connectivity index (χ3v) is 2.55. The first-order chi connectivity index (χ1) is 5.83. The summed E-state index contributed by atoms with van der Waals surface area (Å²) in [5, 5.41) is 0. The summed E-state index contributed by atoms with van der Waals surface area (Å²) in [5.74, 6) is 0.765. The maximum Gasteiger partial charge on any atom is 0.293 e. The van der Waals surface area contributed by atoms with Gasteiger partial charge < -0.3 is 9.64 Å². The number of nitrogens with zero attached hydrogens (tertiary/aromatic N) is 1. The van der Waals surface area contributed by atoms with E-state index in [1.54, 1.807) is 0 Å². The highest BCUT2D eigenvalue weighted by Crippen LogP contribution is 2.18. The minimum atomic E-state index is 0.537. The van der Waals surface area contributed by atoms with Crippen molar-refractivity contribution >= 4 is 6.47 Å². The van der Waals surface area contributed by atoms with Crippen molar-refractivity contribution < 1.29 is 9.53 Å². The topological polar surface area (TPSA) is 29.5 Å². The molecule has 0 atom stereocenters. The normalized spacial score (nSPS) is 20.8. The first kappa shape index (κ1) is 9.52. The molecule has 0 bridgehead atoms. The standard InChI is InChI=1S/C9H17NO2/c1-10-5-2-9(3-6-10)4-7-12-8-11/h8-9H,2-7H2,1H3. The Hall–Kier alpha value is -0.570. The van der Waals surface area contributed by atoms with E-state index in [9.17, 15) is 4.79 Å². The predicted molar refractivity (Wildman–Crippen MR) is 46.9 cm³/mol. The van der Waals surface area contributed by atoms with E-state index in [1.807, 2.05) is 0 Å². The summed E-state index contributed by atoms with van der Waals surface area (Å²) in [6.07, 6.45) is 3.53. The molecule has 0 spiro atoms. The fourth-order valence-electron chi connectivity index (χ4n) is 1.63. The van der Waals surface area contributed by atoms with E-state index in [4.69, 9.17) is 0 Å². The molecule has 0 aromatic heterocycles.